The van der Waals surface area contributed by atoms with Crippen molar-refractivity contribution < 1.29 is 9.90 Å². The van der Waals surface area contributed by atoms with Crippen LogP contribution in [-0.4, -0.2) is 16.5 Å². The van der Waals surface area contributed by atoms with Crippen molar-refractivity contribution in [3.8, 4) is 0 Å². The molecule has 0 bridgehead atoms. The molecule has 1 N–H and O–H groups in total. The minimum atomic E-state index is -0.944. The third-order valence-corrected chi connectivity index (χ3v) is 4.15. The normalized spacial score (nSPS) is 26.7. The fraction of sp³-hybridized carbons (Fsp3) is 0.923. The van der Waals surface area contributed by atoms with Crippen molar-refractivity contribution in [3.63, 3.8) is 0 Å². The number of carbonyl (C=O) groups excluding carboxylic acids is 1. The summed E-state index contributed by atoms with van der Waals surface area (Å²) < 4.78 is 0. The first-order valence-corrected chi connectivity index (χ1v) is 6.46. The predicted octanol–water partition coefficient (Wildman–Crippen LogP) is 2.83. The minimum absolute atomic E-state index is 0.133. The van der Waals surface area contributed by atoms with Crippen LogP contribution >= 0.6 is 0 Å². The second kappa shape index (κ2) is 4.65. The van der Waals surface area contributed by atoms with E-state index in [-0.39, 0.29) is 5.78 Å². The summed E-state index contributed by atoms with van der Waals surface area (Å²) in [6.07, 6.45) is 10.2. The smallest absolute Gasteiger partial charge is 0.164 e. The molecule has 0 aromatic rings. The van der Waals surface area contributed by atoms with E-state index in [1.807, 2.05) is 0 Å². The lowest BCUT2D eigenvalue weighted by Gasteiger charge is -2.31. The Kier molecular flexibility index (Phi) is 3.45. The van der Waals surface area contributed by atoms with Crippen LogP contribution < -0.4 is 0 Å². The molecule has 2 rings (SSSR count). The van der Waals surface area contributed by atoms with E-state index >= 15 is 0 Å². The fourth-order valence-electron chi connectivity index (χ4n) is 3.08. The molecule has 0 aromatic carbocycles. The largest absolute Gasteiger partial charge is 0.382 e. The van der Waals surface area contributed by atoms with Crippen LogP contribution in [0.1, 0.15) is 64.2 Å². The maximum atomic E-state index is 12.0. The van der Waals surface area contributed by atoms with Crippen LogP contribution in [0.15, 0.2) is 0 Å². The topological polar surface area (TPSA) is 37.3 Å². The summed E-state index contributed by atoms with van der Waals surface area (Å²) in [4.78, 5) is 12.0. The highest BCUT2D eigenvalue weighted by molar-refractivity contribution is 5.87. The zero-order valence-corrected chi connectivity index (χ0v) is 9.50. The van der Waals surface area contributed by atoms with Gasteiger partial charge in [-0.3, -0.25) is 4.79 Å². The van der Waals surface area contributed by atoms with Crippen molar-refractivity contribution in [1.82, 2.24) is 0 Å². The third kappa shape index (κ3) is 2.60. The van der Waals surface area contributed by atoms with E-state index < -0.39 is 5.60 Å². The van der Waals surface area contributed by atoms with Crippen molar-refractivity contribution in [2.45, 2.75) is 69.8 Å². The first-order chi connectivity index (χ1) is 7.21. The molecule has 0 unspecified atom stereocenters. The molecule has 0 aliphatic heterocycles. The highest BCUT2D eigenvalue weighted by Crippen LogP contribution is 2.34. The summed E-state index contributed by atoms with van der Waals surface area (Å²) in [6, 6.07) is 0. The molecule has 0 amide bonds. The number of carbonyl (C=O) groups is 1. The van der Waals surface area contributed by atoms with E-state index in [0.717, 1.165) is 12.8 Å². The van der Waals surface area contributed by atoms with Gasteiger partial charge in [0.25, 0.3) is 0 Å². The highest BCUT2D eigenvalue weighted by atomic mass is 16.3. The van der Waals surface area contributed by atoms with Crippen LogP contribution in [0.4, 0.5) is 0 Å². The molecule has 2 fully saturated rings. The van der Waals surface area contributed by atoms with Crippen LogP contribution in [0.25, 0.3) is 0 Å². The summed E-state index contributed by atoms with van der Waals surface area (Å²) in [5.41, 5.74) is -0.944. The third-order valence-electron chi connectivity index (χ3n) is 4.15. The lowest BCUT2D eigenvalue weighted by Crippen LogP contribution is -2.41. The summed E-state index contributed by atoms with van der Waals surface area (Å²) >= 11 is 0. The summed E-state index contributed by atoms with van der Waals surface area (Å²) in [5.74, 6) is 0.706. The van der Waals surface area contributed by atoms with Crippen molar-refractivity contribution in [2.24, 2.45) is 5.92 Å². The van der Waals surface area contributed by atoms with Gasteiger partial charge in [-0.15, -0.1) is 0 Å². The Morgan fingerprint density at radius 3 is 2.27 bits per heavy atom. The lowest BCUT2D eigenvalue weighted by molar-refractivity contribution is -0.141. The molecule has 0 heterocycles. The van der Waals surface area contributed by atoms with Gasteiger partial charge in [0.2, 0.25) is 0 Å². The predicted molar refractivity (Wildman–Crippen MR) is 59.6 cm³/mol. The number of Topliss-reactive ketones (excluding diaryl/α,β-unsaturated/α-hetero) is 1. The Hall–Kier alpha value is -0.370. The quantitative estimate of drug-likeness (QED) is 0.777. The Labute approximate surface area is 92.1 Å². The van der Waals surface area contributed by atoms with Gasteiger partial charge in [-0.25, -0.2) is 0 Å². The van der Waals surface area contributed by atoms with E-state index in [2.05, 4.69) is 0 Å². The second-order valence-electron chi connectivity index (χ2n) is 5.37. The van der Waals surface area contributed by atoms with E-state index in [0.29, 0.717) is 25.2 Å². The van der Waals surface area contributed by atoms with E-state index in [1.54, 1.807) is 0 Å². The average Bonchev–Trinajstić information content (AvgIpc) is 2.71. The zero-order valence-electron chi connectivity index (χ0n) is 9.50. The molecule has 0 spiro atoms. The Balaban J connectivity index is 1.87. The SMILES string of the molecule is O=C(CC1CCCC1)C1(O)CCCCC1. The van der Waals surface area contributed by atoms with Crippen LogP contribution in [0.5, 0.6) is 0 Å². The van der Waals surface area contributed by atoms with Crippen LogP contribution in [0, 0.1) is 5.92 Å². The number of rotatable bonds is 3. The van der Waals surface area contributed by atoms with Crippen LogP contribution in [0.3, 0.4) is 0 Å². The van der Waals surface area contributed by atoms with Crippen molar-refractivity contribution in [3.05, 3.63) is 0 Å². The fourth-order valence-corrected chi connectivity index (χ4v) is 3.08. The highest BCUT2D eigenvalue weighted by Gasteiger charge is 2.37. The van der Waals surface area contributed by atoms with E-state index in [4.69, 9.17) is 0 Å². The number of aliphatic hydroxyl groups is 1. The number of hydrogen-bond acceptors (Lipinski definition) is 2. The van der Waals surface area contributed by atoms with E-state index in [1.165, 1.54) is 32.1 Å². The van der Waals surface area contributed by atoms with Gasteiger partial charge in [0.15, 0.2) is 5.78 Å². The molecular formula is C13H22O2. The second-order valence-corrected chi connectivity index (χ2v) is 5.37. The van der Waals surface area contributed by atoms with Gasteiger partial charge in [-0.2, -0.15) is 0 Å². The summed E-state index contributed by atoms with van der Waals surface area (Å²) in [7, 11) is 0. The Morgan fingerprint density at radius 2 is 1.67 bits per heavy atom. The molecule has 2 nitrogen and oxygen atoms in total. The average molecular weight is 210 g/mol. The first-order valence-electron chi connectivity index (χ1n) is 6.46. The Morgan fingerprint density at radius 1 is 1.07 bits per heavy atom. The number of hydrogen-bond donors (Lipinski definition) is 1. The van der Waals surface area contributed by atoms with E-state index in [9.17, 15) is 9.90 Å². The minimum Gasteiger partial charge on any atom is -0.382 e. The van der Waals surface area contributed by atoms with Gasteiger partial charge in [0.05, 0.1) is 0 Å². The monoisotopic (exact) mass is 210 g/mol. The maximum absolute atomic E-state index is 12.0. The summed E-state index contributed by atoms with van der Waals surface area (Å²) in [6.45, 7) is 0. The molecule has 0 radical (unpaired) electrons. The molecule has 86 valence electrons. The van der Waals surface area contributed by atoms with Gasteiger partial charge in [0.1, 0.15) is 5.60 Å². The Bertz CT molecular complexity index is 223. The van der Waals surface area contributed by atoms with Gasteiger partial charge in [-0.1, -0.05) is 44.9 Å². The molecular weight excluding hydrogens is 188 g/mol. The zero-order chi connectivity index (χ0) is 10.7. The summed E-state index contributed by atoms with van der Waals surface area (Å²) in [5, 5.41) is 10.3. The van der Waals surface area contributed by atoms with Gasteiger partial charge < -0.3 is 5.11 Å². The standard InChI is InChI=1S/C13H22O2/c14-12(10-11-6-2-3-7-11)13(15)8-4-1-5-9-13/h11,15H,1-10H2. The van der Waals surface area contributed by atoms with Gasteiger partial charge in [-0.05, 0) is 18.8 Å². The number of ketones is 1. The molecule has 2 aliphatic rings. The molecule has 2 aliphatic carbocycles. The van der Waals surface area contributed by atoms with Crippen molar-refractivity contribution >= 4 is 5.78 Å². The molecule has 2 saturated carbocycles. The first kappa shape index (κ1) is 11.1. The van der Waals surface area contributed by atoms with Gasteiger partial charge >= 0.3 is 0 Å². The molecule has 2 heteroatoms. The molecule has 0 atom stereocenters. The van der Waals surface area contributed by atoms with Crippen molar-refractivity contribution in [2.75, 3.05) is 0 Å². The maximum Gasteiger partial charge on any atom is 0.164 e. The van der Waals surface area contributed by atoms with Crippen LogP contribution in [-0.2, 0) is 4.79 Å². The van der Waals surface area contributed by atoms with Crippen molar-refractivity contribution in [1.29, 1.82) is 0 Å². The van der Waals surface area contributed by atoms with Crippen LogP contribution in [0.2, 0.25) is 0 Å². The molecule has 0 saturated heterocycles. The van der Waals surface area contributed by atoms with Gasteiger partial charge in [0, 0.05) is 6.42 Å². The molecule has 0 aromatic heterocycles. The lowest BCUT2D eigenvalue weighted by atomic mass is 9.79. The molecule has 15 heavy (non-hydrogen) atoms.